The van der Waals surface area contributed by atoms with Crippen molar-refractivity contribution < 1.29 is 0 Å². The zero-order valence-corrected chi connectivity index (χ0v) is 10.2. The molecule has 2 atom stereocenters. The zero-order valence-electron chi connectivity index (χ0n) is 10.2. The molecule has 0 aliphatic heterocycles. The van der Waals surface area contributed by atoms with Gasteiger partial charge >= 0.3 is 0 Å². The third-order valence-corrected chi connectivity index (χ3v) is 3.48. The van der Waals surface area contributed by atoms with Crippen LogP contribution in [0, 0.1) is 0 Å². The maximum absolute atomic E-state index is 4.27. The fourth-order valence-corrected chi connectivity index (χ4v) is 2.19. The Morgan fingerprint density at radius 1 is 1.18 bits per heavy atom. The van der Waals surface area contributed by atoms with Crippen molar-refractivity contribution in [3.8, 4) is 0 Å². The minimum atomic E-state index is 0.558. The van der Waals surface area contributed by atoms with Crippen molar-refractivity contribution in [3.63, 3.8) is 0 Å². The third-order valence-electron chi connectivity index (χ3n) is 3.48. The minimum Gasteiger partial charge on any atom is -0.354 e. The molecule has 17 heavy (non-hydrogen) atoms. The molecule has 3 nitrogen and oxygen atoms in total. The Labute approximate surface area is 102 Å². The van der Waals surface area contributed by atoms with E-state index in [9.17, 15) is 0 Å². The van der Waals surface area contributed by atoms with Crippen molar-refractivity contribution in [2.75, 3.05) is 7.05 Å². The Morgan fingerprint density at radius 3 is 2.59 bits per heavy atom. The van der Waals surface area contributed by atoms with Crippen LogP contribution in [-0.2, 0) is 0 Å². The Kier molecular flexibility index (Phi) is 2.75. The lowest BCUT2D eigenvalue weighted by atomic mass is 10.1. The largest absolute Gasteiger partial charge is 0.354 e. The second-order valence-corrected chi connectivity index (χ2v) is 4.99. The molecule has 0 heterocycles. The molecule has 2 fully saturated rings. The molecule has 0 spiro atoms. The van der Waals surface area contributed by atoms with Crippen molar-refractivity contribution in [2.45, 2.75) is 37.3 Å². The number of hydrogen-bond acceptors (Lipinski definition) is 1. The number of nitrogens with one attached hydrogen (secondary N) is 2. The van der Waals surface area contributed by atoms with Gasteiger partial charge in [-0.3, -0.25) is 4.99 Å². The summed E-state index contributed by atoms with van der Waals surface area (Å²) in [6.07, 6.45) is 3.79. The van der Waals surface area contributed by atoms with Gasteiger partial charge in [0.2, 0.25) is 0 Å². The van der Waals surface area contributed by atoms with Crippen molar-refractivity contribution >= 4 is 5.96 Å². The van der Waals surface area contributed by atoms with Crippen molar-refractivity contribution in [3.05, 3.63) is 35.9 Å². The van der Waals surface area contributed by atoms with Crippen LogP contribution in [0.5, 0.6) is 0 Å². The number of rotatable bonds is 3. The SMILES string of the molecule is CN=C(NC1CC1)NC1CC1c1ccccc1. The molecule has 1 aromatic rings. The molecule has 2 N–H and O–H groups in total. The molecule has 0 radical (unpaired) electrons. The maximum Gasteiger partial charge on any atom is 0.191 e. The average molecular weight is 229 g/mol. The smallest absolute Gasteiger partial charge is 0.191 e. The molecule has 2 aliphatic rings. The number of hydrogen-bond donors (Lipinski definition) is 2. The highest BCUT2D eigenvalue weighted by molar-refractivity contribution is 5.81. The zero-order chi connectivity index (χ0) is 11.7. The van der Waals surface area contributed by atoms with Crippen molar-refractivity contribution in [1.82, 2.24) is 10.6 Å². The summed E-state index contributed by atoms with van der Waals surface area (Å²) < 4.78 is 0. The van der Waals surface area contributed by atoms with Gasteiger partial charge in [-0.2, -0.15) is 0 Å². The molecule has 2 saturated carbocycles. The number of nitrogens with zero attached hydrogens (tertiary/aromatic N) is 1. The van der Waals surface area contributed by atoms with Gasteiger partial charge in [-0.1, -0.05) is 30.3 Å². The van der Waals surface area contributed by atoms with E-state index < -0.39 is 0 Å². The number of guanidine groups is 1. The Hall–Kier alpha value is -1.51. The summed E-state index contributed by atoms with van der Waals surface area (Å²) in [6.45, 7) is 0. The molecule has 0 aromatic heterocycles. The molecule has 2 unspecified atom stereocenters. The van der Waals surface area contributed by atoms with E-state index in [1.54, 1.807) is 0 Å². The van der Waals surface area contributed by atoms with Crippen LogP contribution in [0.25, 0.3) is 0 Å². The molecular formula is C14H19N3. The van der Waals surface area contributed by atoms with Crippen LogP contribution in [0.1, 0.15) is 30.7 Å². The topological polar surface area (TPSA) is 36.4 Å². The second kappa shape index (κ2) is 4.40. The van der Waals surface area contributed by atoms with Gasteiger partial charge in [-0.05, 0) is 24.8 Å². The Bertz CT molecular complexity index is 409. The van der Waals surface area contributed by atoms with E-state index >= 15 is 0 Å². The quantitative estimate of drug-likeness (QED) is 0.613. The lowest BCUT2D eigenvalue weighted by Gasteiger charge is -2.10. The molecule has 2 aliphatic carbocycles. The summed E-state index contributed by atoms with van der Waals surface area (Å²) in [5.41, 5.74) is 1.44. The lowest BCUT2D eigenvalue weighted by Crippen LogP contribution is -2.40. The van der Waals surface area contributed by atoms with Gasteiger partial charge in [0.05, 0.1) is 0 Å². The van der Waals surface area contributed by atoms with Gasteiger partial charge in [0.1, 0.15) is 0 Å². The highest BCUT2D eigenvalue weighted by Crippen LogP contribution is 2.40. The van der Waals surface area contributed by atoms with E-state index in [0.29, 0.717) is 18.0 Å². The molecule has 0 bridgehead atoms. The monoisotopic (exact) mass is 229 g/mol. The van der Waals surface area contributed by atoms with Gasteiger partial charge in [-0.15, -0.1) is 0 Å². The summed E-state index contributed by atoms with van der Waals surface area (Å²) >= 11 is 0. The predicted molar refractivity (Wildman–Crippen MR) is 70.2 cm³/mol. The van der Waals surface area contributed by atoms with E-state index in [-0.39, 0.29) is 0 Å². The normalized spacial score (nSPS) is 27.7. The number of aliphatic imine (C=N–C) groups is 1. The van der Waals surface area contributed by atoms with Gasteiger partial charge in [0.15, 0.2) is 5.96 Å². The minimum absolute atomic E-state index is 0.558. The van der Waals surface area contributed by atoms with Gasteiger partial charge < -0.3 is 10.6 Å². The molecule has 3 heteroatoms. The third kappa shape index (κ3) is 2.60. The summed E-state index contributed by atoms with van der Waals surface area (Å²) in [7, 11) is 1.84. The average Bonchev–Trinajstić information content (AvgIpc) is 3.25. The van der Waals surface area contributed by atoms with Gasteiger partial charge in [0, 0.05) is 25.0 Å². The van der Waals surface area contributed by atoms with Crippen LogP contribution in [0.15, 0.2) is 35.3 Å². The predicted octanol–water partition coefficient (Wildman–Crippen LogP) is 1.87. The highest BCUT2D eigenvalue weighted by Gasteiger charge is 2.39. The summed E-state index contributed by atoms with van der Waals surface area (Å²) in [5, 5.41) is 6.92. The first-order valence-electron chi connectivity index (χ1n) is 6.41. The Balaban J connectivity index is 1.54. The van der Waals surface area contributed by atoms with E-state index in [1.807, 2.05) is 7.05 Å². The van der Waals surface area contributed by atoms with Gasteiger partial charge in [-0.25, -0.2) is 0 Å². The molecule has 0 amide bonds. The lowest BCUT2D eigenvalue weighted by molar-refractivity contribution is 0.787. The molecule has 3 rings (SSSR count). The molecular weight excluding hydrogens is 210 g/mol. The molecule has 90 valence electrons. The highest BCUT2D eigenvalue weighted by atomic mass is 15.2. The summed E-state index contributed by atoms with van der Waals surface area (Å²) in [4.78, 5) is 4.27. The van der Waals surface area contributed by atoms with Crippen molar-refractivity contribution in [2.24, 2.45) is 4.99 Å². The van der Waals surface area contributed by atoms with Crippen LogP contribution >= 0.6 is 0 Å². The first kappa shape index (κ1) is 10.6. The van der Waals surface area contributed by atoms with E-state index in [1.165, 1.54) is 24.8 Å². The van der Waals surface area contributed by atoms with E-state index in [2.05, 4.69) is 46.0 Å². The van der Waals surface area contributed by atoms with Crippen LogP contribution in [0.4, 0.5) is 0 Å². The summed E-state index contributed by atoms with van der Waals surface area (Å²) in [5.74, 6) is 1.63. The fraction of sp³-hybridized carbons (Fsp3) is 0.500. The van der Waals surface area contributed by atoms with Crippen LogP contribution < -0.4 is 10.6 Å². The fourth-order valence-electron chi connectivity index (χ4n) is 2.19. The molecule has 1 aromatic carbocycles. The van der Waals surface area contributed by atoms with E-state index in [4.69, 9.17) is 0 Å². The maximum atomic E-state index is 4.27. The van der Waals surface area contributed by atoms with Crippen molar-refractivity contribution in [1.29, 1.82) is 0 Å². The van der Waals surface area contributed by atoms with Crippen LogP contribution in [-0.4, -0.2) is 25.1 Å². The van der Waals surface area contributed by atoms with Gasteiger partial charge in [0.25, 0.3) is 0 Å². The Morgan fingerprint density at radius 2 is 1.94 bits per heavy atom. The van der Waals surface area contributed by atoms with E-state index in [0.717, 1.165) is 5.96 Å². The first-order valence-corrected chi connectivity index (χ1v) is 6.41. The number of benzene rings is 1. The standard InChI is InChI=1S/C14H19N3/c1-15-14(16-11-7-8-11)17-13-9-12(13)10-5-3-2-4-6-10/h2-6,11-13H,7-9H2,1H3,(H2,15,16,17). The summed E-state index contributed by atoms with van der Waals surface area (Å²) in [6, 6.07) is 11.9. The second-order valence-electron chi connectivity index (χ2n) is 4.99. The first-order chi connectivity index (χ1) is 8.36. The molecule has 0 saturated heterocycles. The van der Waals surface area contributed by atoms with Crippen LogP contribution in [0.3, 0.4) is 0 Å². The van der Waals surface area contributed by atoms with Crippen LogP contribution in [0.2, 0.25) is 0 Å².